The molecule has 0 aliphatic carbocycles. The third kappa shape index (κ3) is 7.35. The van der Waals surface area contributed by atoms with Crippen molar-refractivity contribution in [3.05, 3.63) is 57.7 Å². The highest BCUT2D eigenvalue weighted by molar-refractivity contribution is 7.71. The van der Waals surface area contributed by atoms with Gasteiger partial charge in [0.05, 0.1) is 13.2 Å². The summed E-state index contributed by atoms with van der Waals surface area (Å²) in [5, 5.41) is 24.3. The molecule has 6 atom stereocenters. The van der Waals surface area contributed by atoms with Gasteiger partial charge in [-0.3, -0.25) is 23.7 Å². The topological polar surface area (TPSA) is 161 Å². The van der Waals surface area contributed by atoms with Gasteiger partial charge >= 0.3 is 13.7 Å². The second-order valence-electron chi connectivity index (χ2n) is 8.78. The third-order valence-corrected chi connectivity index (χ3v) is 7.64. The van der Waals surface area contributed by atoms with Crippen molar-refractivity contribution in [3.8, 4) is 5.75 Å². The molecule has 1 aromatic carbocycles. The molecular weight excluding hydrogens is 525 g/mol. The van der Waals surface area contributed by atoms with Crippen LogP contribution in [0.2, 0.25) is 0 Å². The van der Waals surface area contributed by atoms with Gasteiger partial charge in [0.15, 0.2) is 11.0 Å². The summed E-state index contributed by atoms with van der Waals surface area (Å²) in [5.41, 5.74) is -2.29. The quantitative estimate of drug-likeness (QED) is 0.131. The van der Waals surface area contributed by atoms with Crippen LogP contribution in [-0.2, 0) is 23.4 Å². The van der Waals surface area contributed by atoms with Crippen LogP contribution in [0.25, 0.3) is 0 Å². The van der Waals surface area contributed by atoms with Gasteiger partial charge in [-0.15, -0.1) is 0 Å². The monoisotopic (exact) mass is 557 g/mol. The summed E-state index contributed by atoms with van der Waals surface area (Å²) in [4.78, 5) is 26.3. The van der Waals surface area contributed by atoms with Crippen molar-refractivity contribution in [1.29, 1.82) is 0 Å². The molecule has 0 saturated carbocycles. The first-order valence-corrected chi connectivity index (χ1v) is 13.7. The lowest BCUT2D eigenvalue weighted by atomic mass is 9.96. The lowest BCUT2D eigenvalue weighted by Gasteiger charge is -2.28. The second-order valence-corrected chi connectivity index (χ2v) is 10.9. The number of aromatic amines is 1. The molecular formula is C23H32N3O9PS. The second kappa shape index (κ2) is 12.4. The van der Waals surface area contributed by atoms with Gasteiger partial charge in [0.2, 0.25) is 0 Å². The average molecular weight is 558 g/mol. The van der Waals surface area contributed by atoms with Crippen LogP contribution in [0.5, 0.6) is 5.75 Å². The van der Waals surface area contributed by atoms with Gasteiger partial charge < -0.3 is 24.2 Å². The maximum absolute atomic E-state index is 13.7. The molecule has 1 fully saturated rings. The summed E-state index contributed by atoms with van der Waals surface area (Å²) in [6.07, 6.45) is -0.997. The highest BCUT2D eigenvalue weighted by atomic mass is 32.1. The van der Waals surface area contributed by atoms with E-state index in [2.05, 4.69) is 10.1 Å². The van der Waals surface area contributed by atoms with E-state index in [0.717, 1.165) is 6.42 Å². The fourth-order valence-corrected chi connectivity index (χ4v) is 5.36. The van der Waals surface area contributed by atoms with Crippen LogP contribution >= 0.6 is 20.0 Å². The number of esters is 1. The Hall–Kier alpha value is -2.38. The number of ether oxygens (including phenoxy) is 2. The van der Waals surface area contributed by atoms with Gasteiger partial charge in [-0.1, -0.05) is 31.5 Å². The highest BCUT2D eigenvalue weighted by Crippen LogP contribution is 2.47. The standard InChI is InChI=1S/C23H32N3O9PS/c1-4-5-13-32-20(29)15(2)25-36(31,35-16-9-7-6-8-10-16)33-14-17-19(28)23(3,30)21(34-17)26-12-11-18(27)24-22(26)37/h6-12,15,17,19,21,28,30H,4-5,13-14H2,1-3H3,(H,25,31)(H,24,27,37)/t15-,17+,19?,21+,23+,36-/m0/s1. The summed E-state index contributed by atoms with van der Waals surface area (Å²) in [7, 11) is -4.22. The molecule has 4 N–H and O–H groups in total. The molecule has 2 aromatic rings. The molecule has 1 saturated heterocycles. The van der Waals surface area contributed by atoms with Crippen LogP contribution < -0.4 is 15.2 Å². The first kappa shape index (κ1) is 29.2. The number of H-pyrrole nitrogens is 1. The maximum Gasteiger partial charge on any atom is 0.459 e. The Morgan fingerprint density at radius 1 is 1.35 bits per heavy atom. The molecule has 2 heterocycles. The zero-order valence-electron chi connectivity index (χ0n) is 20.7. The minimum atomic E-state index is -4.22. The summed E-state index contributed by atoms with van der Waals surface area (Å²) in [5.74, 6) is -0.427. The normalized spacial score (nSPS) is 25.8. The van der Waals surface area contributed by atoms with E-state index in [-0.39, 0.29) is 17.1 Å². The molecule has 204 valence electrons. The SMILES string of the molecule is CCCCOC(=O)[C@H](C)N[P@](=O)(OC[C@H]1O[C@@H](n2ccc(=O)[nH]c2=S)[C@](C)(O)C1O)Oc1ccccc1. The third-order valence-electron chi connectivity index (χ3n) is 5.68. The van der Waals surface area contributed by atoms with Crippen LogP contribution in [0.15, 0.2) is 47.4 Å². The zero-order chi connectivity index (χ0) is 27.2. The molecule has 0 radical (unpaired) electrons. The lowest BCUT2D eigenvalue weighted by molar-refractivity contribution is -0.145. The number of nitrogens with one attached hydrogen (secondary N) is 2. The number of benzene rings is 1. The number of hydrogen-bond donors (Lipinski definition) is 4. The van der Waals surface area contributed by atoms with Crippen molar-refractivity contribution in [2.24, 2.45) is 0 Å². The number of carbonyl (C=O) groups is 1. The van der Waals surface area contributed by atoms with Crippen molar-refractivity contribution < 1.29 is 38.1 Å². The summed E-state index contributed by atoms with van der Waals surface area (Å²) in [6.45, 7) is 4.48. The van der Waals surface area contributed by atoms with Crippen LogP contribution in [-0.4, -0.2) is 62.8 Å². The Kier molecular flexibility index (Phi) is 9.81. The fraction of sp³-hybridized carbons (Fsp3) is 0.522. The van der Waals surface area contributed by atoms with Crippen molar-refractivity contribution in [3.63, 3.8) is 0 Å². The Balaban J connectivity index is 1.77. The summed E-state index contributed by atoms with van der Waals surface area (Å²) in [6, 6.07) is 8.34. The number of aliphatic hydroxyl groups is 2. The molecule has 14 heteroatoms. The Labute approximate surface area is 219 Å². The smallest absolute Gasteiger partial charge is 0.459 e. The molecule has 1 aromatic heterocycles. The Morgan fingerprint density at radius 2 is 2.05 bits per heavy atom. The first-order chi connectivity index (χ1) is 17.5. The van der Waals surface area contributed by atoms with Crippen molar-refractivity contribution in [2.75, 3.05) is 13.2 Å². The van der Waals surface area contributed by atoms with Gasteiger partial charge in [-0.25, -0.2) is 4.57 Å². The highest BCUT2D eigenvalue weighted by Gasteiger charge is 2.53. The molecule has 3 rings (SSSR count). The molecule has 1 unspecified atom stereocenters. The number of nitrogens with zero attached hydrogens (tertiary/aromatic N) is 1. The van der Waals surface area contributed by atoms with Crippen molar-refractivity contribution in [1.82, 2.24) is 14.6 Å². The number of para-hydroxylation sites is 1. The van der Waals surface area contributed by atoms with E-state index in [1.54, 1.807) is 30.3 Å². The molecule has 12 nitrogen and oxygen atoms in total. The molecule has 37 heavy (non-hydrogen) atoms. The van der Waals surface area contributed by atoms with Gasteiger partial charge in [0.1, 0.15) is 29.6 Å². The molecule has 1 aliphatic heterocycles. The molecule has 0 bridgehead atoms. The largest absolute Gasteiger partial charge is 0.465 e. The van der Waals surface area contributed by atoms with Crippen LogP contribution in [0, 0.1) is 4.77 Å². The first-order valence-electron chi connectivity index (χ1n) is 11.8. The minimum absolute atomic E-state index is 0.0262. The number of rotatable bonds is 12. The number of carbonyl (C=O) groups excluding carboxylic acids is 1. The van der Waals surface area contributed by atoms with E-state index < -0.39 is 56.0 Å². The van der Waals surface area contributed by atoms with E-state index in [1.807, 2.05) is 6.92 Å². The fourth-order valence-electron chi connectivity index (χ4n) is 3.60. The summed E-state index contributed by atoms with van der Waals surface area (Å²) >= 11 is 5.15. The van der Waals surface area contributed by atoms with Gasteiger partial charge in [0.25, 0.3) is 5.56 Å². The van der Waals surface area contributed by atoms with E-state index in [4.69, 9.17) is 30.7 Å². The molecule has 0 spiro atoms. The predicted molar refractivity (Wildman–Crippen MR) is 136 cm³/mol. The average Bonchev–Trinajstić information content (AvgIpc) is 3.07. The van der Waals surface area contributed by atoms with Crippen LogP contribution in [0.3, 0.4) is 0 Å². The van der Waals surface area contributed by atoms with Crippen molar-refractivity contribution >= 4 is 25.9 Å². The zero-order valence-corrected chi connectivity index (χ0v) is 22.4. The Morgan fingerprint density at radius 3 is 2.70 bits per heavy atom. The van der Waals surface area contributed by atoms with Crippen LogP contribution in [0.1, 0.15) is 39.8 Å². The maximum atomic E-state index is 13.7. The van der Waals surface area contributed by atoms with Gasteiger partial charge in [-0.05, 0) is 44.6 Å². The molecule has 1 aliphatic rings. The van der Waals surface area contributed by atoms with E-state index in [9.17, 15) is 24.4 Å². The summed E-state index contributed by atoms with van der Waals surface area (Å²) < 4.78 is 37.1. The Bertz CT molecular complexity index is 1220. The van der Waals surface area contributed by atoms with E-state index in [1.165, 1.54) is 30.7 Å². The number of aromatic nitrogens is 2. The van der Waals surface area contributed by atoms with Crippen molar-refractivity contribution in [2.45, 2.75) is 63.7 Å². The predicted octanol–water partition coefficient (Wildman–Crippen LogP) is 2.44. The van der Waals surface area contributed by atoms with E-state index in [0.29, 0.717) is 6.42 Å². The lowest BCUT2D eigenvalue weighted by Crippen LogP contribution is -2.45. The van der Waals surface area contributed by atoms with Gasteiger partial charge in [-0.2, -0.15) is 5.09 Å². The number of aliphatic hydroxyl groups excluding tert-OH is 1. The van der Waals surface area contributed by atoms with E-state index >= 15 is 0 Å². The number of hydrogen-bond acceptors (Lipinski definition) is 10. The number of unbranched alkanes of at least 4 members (excludes halogenated alkanes) is 1. The minimum Gasteiger partial charge on any atom is -0.465 e. The van der Waals surface area contributed by atoms with Crippen LogP contribution in [0.4, 0.5) is 0 Å². The molecule has 0 amide bonds. The van der Waals surface area contributed by atoms with Gasteiger partial charge in [0, 0.05) is 12.3 Å².